The number of benzene rings is 5. The Morgan fingerprint density at radius 1 is 0.524 bits per heavy atom. The van der Waals surface area contributed by atoms with E-state index in [2.05, 4.69) is 152 Å². The molecule has 1 heterocycles. The summed E-state index contributed by atoms with van der Waals surface area (Å²) in [7, 11) is 0. The van der Waals surface area contributed by atoms with Crippen molar-refractivity contribution in [1.82, 2.24) is 4.98 Å². The first-order valence-electron chi connectivity index (χ1n) is 15.0. The molecule has 0 saturated carbocycles. The van der Waals surface area contributed by atoms with Crippen LogP contribution in [-0.2, 0) is 0 Å². The molecule has 2 aliphatic carbocycles. The highest BCUT2D eigenvalue weighted by Gasteiger charge is 2.33. The zero-order chi connectivity index (χ0) is 27.9. The lowest BCUT2D eigenvalue weighted by atomic mass is 9.69. The van der Waals surface area contributed by atoms with Crippen molar-refractivity contribution in [3.8, 4) is 22.4 Å². The number of fused-ring (bicyclic) bond motifs is 3. The van der Waals surface area contributed by atoms with Gasteiger partial charge in [0, 0.05) is 17.1 Å². The van der Waals surface area contributed by atoms with Crippen molar-refractivity contribution in [2.75, 3.05) is 0 Å². The van der Waals surface area contributed by atoms with Crippen LogP contribution in [0.5, 0.6) is 0 Å². The first-order chi connectivity index (χ1) is 20.9. The molecule has 0 N–H and O–H groups in total. The average molecular weight is 538 g/mol. The van der Waals surface area contributed by atoms with Crippen molar-refractivity contribution in [3.63, 3.8) is 0 Å². The van der Waals surface area contributed by atoms with Crippen LogP contribution in [0.25, 0.3) is 49.5 Å². The normalized spacial score (nSPS) is 18.0. The molecule has 1 nitrogen and oxygen atoms in total. The van der Waals surface area contributed by atoms with Gasteiger partial charge in [-0.15, -0.1) is 0 Å². The first-order valence-corrected chi connectivity index (χ1v) is 15.0. The van der Waals surface area contributed by atoms with E-state index in [0.717, 1.165) is 29.8 Å². The number of nitrogens with zero attached hydrogens (tertiary/aromatic N) is 1. The van der Waals surface area contributed by atoms with Gasteiger partial charge in [0.05, 0.1) is 11.4 Å². The lowest BCUT2D eigenvalue weighted by molar-refractivity contribution is 0.513. The Bertz CT molecular complexity index is 1970. The van der Waals surface area contributed by atoms with Crippen LogP contribution < -0.4 is 0 Å². The standard InChI is InChI=1S/C41H31N/c1-3-14-28(15-4-1)38-24-13-25-39(42-38)32-26-27-37(31-19-8-7-18-30(31)32)41-35-22-11-9-20-33(35)40(29-16-5-2-6-17-29)34-21-10-12-23-36(34)41/h1-7,9-18,20-27,31,37H,8,19H2. The van der Waals surface area contributed by atoms with Crippen LogP contribution in [0.3, 0.4) is 0 Å². The zero-order valence-electron chi connectivity index (χ0n) is 23.4. The van der Waals surface area contributed by atoms with E-state index in [-0.39, 0.29) is 5.92 Å². The molecule has 0 spiro atoms. The van der Waals surface area contributed by atoms with E-state index in [0.29, 0.717) is 5.92 Å². The fourth-order valence-electron chi connectivity index (χ4n) is 7.18. The topological polar surface area (TPSA) is 12.9 Å². The average Bonchev–Trinajstić information content (AvgIpc) is 3.07. The highest BCUT2D eigenvalue weighted by molar-refractivity contribution is 6.15. The maximum Gasteiger partial charge on any atom is 0.0712 e. The quantitative estimate of drug-likeness (QED) is 0.204. The Hall–Kier alpha value is -5.01. The van der Waals surface area contributed by atoms with Gasteiger partial charge in [0.1, 0.15) is 0 Å². The van der Waals surface area contributed by atoms with Gasteiger partial charge in [-0.05, 0) is 74.7 Å². The molecule has 0 saturated heterocycles. The molecule has 0 aliphatic heterocycles. The van der Waals surface area contributed by atoms with Crippen LogP contribution in [-0.4, -0.2) is 4.98 Å². The maximum atomic E-state index is 5.16. The minimum absolute atomic E-state index is 0.283. The first kappa shape index (κ1) is 24.8. The van der Waals surface area contributed by atoms with Gasteiger partial charge in [0.25, 0.3) is 0 Å². The number of allylic oxidation sites excluding steroid dienone is 6. The smallest absolute Gasteiger partial charge is 0.0712 e. The van der Waals surface area contributed by atoms with E-state index in [1.807, 2.05) is 0 Å². The molecular weight excluding hydrogens is 506 g/mol. The van der Waals surface area contributed by atoms with Crippen LogP contribution in [0.2, 0.25) is 0 Å². The van der Waals surface area contributed by atoms with E-state index >= 15 is 0 Å². The van der Waals surface area contributed by atoms with Crippen molar-refractivity contribution in [3.05, 3.63) is 169 Å². The van der Waals surface area contributed by atoms with Crippen LogP contribution in [0.15, 0.2) is 157 Å². The third-order valence-electron chi connectivity index (χ3n) is 9.02. The van der Waals surface area contributed by atoms with Crippen LogP contribution in [0.4, 0.5) is 0 Å². The van der Waals surface area contributed by atoms with Crippen molar-refractivity contribution in [1.29, 1.82) is 0 Å². The summed E-state index contributed by atoms with van der Waals surface area (Å²) in [6.07, 6.45) is 11.8. The maximum absolute atomic E-state index is 5.16. The lowest BCUT2D eigenvalue weighted by Gasteiger charge is -2.35. The summed E-state index contributed by atoms with van der Waals surface area (Å²) in [5.41, 5.74) is 9.91. The van der Waals surface area contributed by atoms with Crippen LogP contribution in [0, 0.1) is 5.92 Å². The number of hydrogen-bond acceptors (Lipinski definition) is 1. The highest BCUT2D eigenvalue weighted by atomic mass is 14.7. The van der Waals surface area contributed by atoms with Crippen molar-refractivity contribution >= 4 is 27.1 Å². The van der Waals surface area contributed by atoms with Gasteiger partial charge >= 0.3 is 0 Å². The van der Waals surface area contributed by atoms with Gasteiger partial charge < -0.3 is 0 Å². The Labute approximate surface area is 247 Å². The second-order valence-electron chi connectivity index (χ2n) is 11.4. The monoisotopic (exact) mass is 537 g/mol. The largest absolute Gasteiger partial charge is 0.248 e. The number of pyridine rings is 1. The van der Waals surface area contributed by atoms with E-state index in [1.54, 1.807) is 0 Å². The van der Waals surface area contributed by atoms with Gasteiger partial charge in [0.2, 0.25) is 0 Å². The molecule has 6 aromatic rings. The summed E-state index contributed by atoms with van der Waals surface area (Å²) in [6.45, 7) is 0. The molecule has 2 aliphatic rings. The Morgan fingerprint density at radius 3 is 1.81 bits per heavy atom. The minimum atomic E-state index is 0.283. The van der Waals surface area contributed by atoms with Gasteiger partial charge in [-0.25, -0.2) is 4.98 Å². The predicted molar refractivity (Wildman–Crippen MR) is 177 cm³/mol. The fraction of sp³-hybridized carbons (Fsp3) is 0.0976. The van der Waals surface area contributed by atoms with Crippen molar-refractivity contribution in [2.24, 2.45) is 5.92 Å². The summed E-state index contributed by atoms with van der Waals surface area (Å²) in [4.78, 5) is 5.16. The molecule has 42 heavy (non-hydrogen) atoms. The predicted octanol–water partition coefficient (Wildman–Crippen LogP) is 10.8. The van der Waals surface area contributed by atoms with Crippen molar-refractivity contribution in [2.45, 2.75) is 18.8 Å². The summed E-state index contributed by atoms with van der Waals surface area (Å²) in [6, 6.07) is 45.8. The third-order valence-corrected chi connectivity index (χ3v) is 9.02. The number of hydrogen-bond donors (Lipinski definition) is 0. The second-order valence-corrected chi connectivity index (χ2v) is 11.4. The molecule has 5 aromatic carbocycles. The second kappa shape index (κ2) is 10.4. The van der Waals surface area contributed by atoms with Crippen LogP contribution in [0.1, 0.15) is 30.0 Å². The van der Waals surface area contributed by atoms with E-state index in [9.17, 15) is 0 Å². The van der Waals surface area contributed by atoms with E-state index in [1.165, 1.54) is 49.4 Å². The van der Waals surface area contributed by atoms with E-state index in [4.69, 9.17) is 4.98 Å². The van der Waals surface area contributed by atoms with Crippen molar-refractivity contribution < 1.29 is 0 Å². The van der Waals surface area contributed by atoms with Crippen LogP contribution >= 0.6 is 0 Å². The minimum Gasteiger partial charge on any atom is -0.248 e. The molecule has 0 radical (unpaired) electrons. The summed E-state index contributed by atoms with van der Waals surface area (Å²) < 4.78 is 0. The molecule has 2 unspecified atom stereocenters. The molecular formula is C41H31N. The SMILES string of the molecule is C1=CC2=C(c3cccc(-c4ccccc4)n3)C=CC(c3c4ccccc4c(-c4ccccc4)c4ccccc34)C2CC1. The Balaban J connectivity index is 1.32. The molecule has 0 bridgehead atoms. The summed E-state index contributed by atoms with van der Waals surface area (Å²) in [5, 5.41) is 5.36. The summed E-state index contributed by atoms with van der Waals surface area (Å²) in [5.74, 6) is 0.678. The molecule has 0 amide bonds. The molecule has 1 heteroatoms. The number of aromatic nitrogens is 1. The molecule has 0 fully saturated rings. The molecule has 1 aromatic heterocycles. The van der Waals surface area contributed by atoms with Gasteiger partial charge in [-0.3, -0.25) is 0 Å². The Kier molecular flexibility index (Phi) is 6.15. The highest BCUT2D eigenvalue weighted by Crippen LogP contribution is 2.50. The Morgan fingerprint density at radius 2 is 1.12 bits per heavy atom. The fourth-order valence-corrected chi connectivity index (χ4v) is 7.18. The van der Waals surface area contributed by atoms with Gasteiger partial charge in [0.15, 0.2) is 0 Å². The molecule has 200 valence electrons. The van der Waals surface area contributed by atoms with E-state index < -0.39 is 0 Å². The number of rotatable bonds is 4. The molecule has 2 atom stereocenters. The van der Waals surface area contributed by atoms with Gasteiger partial charge in [-0.2, -0.15) is 0 Å². The summed E-state index contributed by atoms with van der Waals surface area (Å²) >= 11 is 0. The van der Waals surface area contributed by atoms with Gasteiger partial charge in [-0.1, -0.05) is 140 Å². The lowest BCUT2D eigenvalue weighted by Crippen LogP contribution is -2.20. The zero-order valence-corrected chi connectivity index (χ0v) is 23.4. The third kappa shape index (κ3) is 4.13. The molecule has 8 rings (SSSR count).